The number of alkyl halides is 3. The lowest BCUT2D eigenvalue weighted by atomic mass is 10.0. The SMILES string of the molecule is NCCCCOc1nnc(-c2ccc(C(F)(F)F)cc2O)c2ccccc12. The Morgan fingerprint density at radius 3 is 2.41 bits per heavy atom. The normalized spacial score (nSPS) is 11.7. The highest BCUT2D eigenvalue weighted by atomic mass is 19.4. The van der Waals surface area contributed by atoms with Crippen molar-refractivity contribution in [3.8, 4) is 22.9 Å². The molecule has 3 N–H and O–H groups in total. The number of nitrogens with two attached hydrogens (primary N) is 1. The summed E-state index contributed by atoms with van der Waals surface area (Å²) in [6.45, 7) is 1.00. The molecule has 142 valence electrons. The van der Waals surface area contributed by atoms with E-state index in [9.17, 15) is 18.3 Å². The third kappa shape index (κ3) is 4.11. The van der Waals surface area contributed by atoms with Gasteiger partial charge in [-0.3, -0.25) is 0 Å². The molecule has 3 aromatic rings. The zero-order chi connectivity index (χ0) is 19.4. The predicted octanol–water partition coefficient (Wildman–Crippen LogP) is 4.14. The van der Waals surface area contributed by atoms with Crippen LogP contribution in [0.25, 0.3) is 22.0 Å². The number of halogens is 3. The number of rotatable bonds is 6. The van der Waals surface area contributed by atoms with Crippen LogP contribution in [0.15, 0.2) is 42.5 Å². The van der Waals surface area contributed by atoms with E-state index < -0.39 is 17.5 Å². The van der Waals surface area contributed by atoms with Crippen molar-refractivity contribution in [1.29, 1.82) is 0 Å². The van der Waals surface area contributed by atoms with E-state index in [4.69, 9.17) is 10.5 Å². The van der Waals surface area contributed by atoms with Crippen molar-refractivity contribution in [2.45, 2.75) is 19.0 Å². The average molecular weight is 377 g/mol. The number of unbranched alkanes of at least 4 members (excludes halogenated alkanes) is 1. The number of ether oxygens (including phenoxy) is 1. The number of hydrogen-bond donors (Lipinski definition) is 2. The van der Waals surface area contributed by atoms with Crippen molar-refractivity contribution in [2.75, 3.05) is 13.2 Å². The van der Waals surface area contributed by atoms with E-state index >= 15 is 0 Å². The van der Waals surface area contributed by atoms with E-state index in [-0.39, 0.29) is 11.3 Å². The quantitative estimate of drug-likeness (QED) is 0.631. The van der Waals surface area contributed by atoms with Crippen molar-refractivity contribution in [3.05, 3.63) is 48.0 Å². The Bertz CT molecular complexity index is 945. The summed E-state index contributed by atoms with van der Waals surface area (Å²) in [7, 11) is 0. The van der Waals surface area contributed by atoms with Gasteiger partial charge in [-0.05, 0) is 43.7 Å². The van der Waals surface area contributed by atoms with Gasteiger partial charge in [-0.15, -0.1) is 10.2 Å². The van der Waals surface area contributed by atoms with E-state index in [1.165, 1.54) is 6.07 Å². The van der Waals surface area contributed by atoms with Crippen LogP contribution in [-0.4, -0.2) is 28.5 Å². The van der Waals surface area contributed by atoms with Gasteiger partial charge in [0, 0.05) is 16.3 Å². The summed E-state index contributed by atoms with van der Waals surface area (Å²) in [6.07, 6.45) is -2.94. The van der Waals surface area contributed by atoms with Crippen LogP contribution in [0.5, 0.6) is 11.6 Å². The van der Waals surface area contributed by atoms with Crippen molar-refractivity contribution >= 4 is 10.8 Å². The fraction of sp³-hybridized carbons (Fsp3) is 0.263. The Labute approximate surface area is 153 Å². The van der Waals surface area contributed by atoms with Crippen molar-refractivity contribution in [3.63, 3.8) is 0 Å². The summed E-state index contributed by atoms with van der Waals surface area (Å²) in [6, 6.07) is 9.89. The molecule has 27 heavy (non-hydrogen) atoms. The molecule has 0 saturated heterocycles. The molecule has 3 rings (SSSR count). The van der Waals surface area contributed by atoms with Gasteiger partial charge in [0.1, 0.15) is 11.4 Å². The molecule has 0 amide bonds. The van der Waals surface area contributed by atoms with Crippen LogP contribution in [0.3, 0.4) is 0 Å². The van der Waals surface area contributed by atoms with E-state index in [1.54, 1.807) is 24.3 Å². The van der Waals surface area contributed by atoms with Crippen LogP contribution in [0, 0.1) is 0 Å². The van der Waals surface area contributed by atoms with Crippen molar-refractivity contribution in [1.82, 2.24) is 10.2 Å². The number of phenols is 1. The minimum absolute atomic E-state index is 0.168. The Morgan fingerprint density at radius 1 is 1.00 bits per heavy atom. The second-order valence-electron chi connectivity index (χ2n) is 5.97. The van der Waals surface area contributed by atoms with Gasteiger partial charge < -0.3 is 15.6 Å². The summed E-state index contributed by atoms with van der Waals surface area (Å²) < 4.78 is 44.1. The average Bonchev–Trinajstić information content (AvgIpc) is 2.64. The highest BCUT2D eigenvalue weighted by Gasteiger charge is 2.31. The molecule has 0 spiro atoms. The first-order valence-corrected chi connectivity index (χ1v) is 8.40. The molecule has 5 nitrogen and oxygen atoms in total. The smallest absolute Gasteiger partial charge is 0.416 e. The first-order valence-electron chi connectivity index (χ1n) is 8.40. The zero-order valence-electron chi connectivity index (χ0n) is 14.3. The molecule has 0 radical (unpaired) electrons. The van der Waals surface area contributed by atoms with Crippen molar-refractivity contribution < 1.29 is 23.0 Å². The molecule has 0 atom stereocenters. The highest BCUT2D eigenvalue weighted by Crippen LogP contribution is 2.38. The van der Waals surface area contributed by atoms with Crippen LogP contribution < -0.4 is 10.5 Å². The van der Waals surface area contributed by atoms with Gasteiger partial charge in [-0.2, -0.15) is 13.2 Å². The summed E-state index contributed by atoms with van der Waals surface area (Å²) in [4.78, 5) is 0. The molecule has 0 saturated carbocycles. The maximum Gasteiger partial charge on any atom is 0.416 e. The van der Waals surface area contributed by atoms with Crippen LogP contribution in [0.4, 0.5) is 13.2 Å². The first-order chi connectivity index (χ1) is 12.9. The third-order valence-electron chi connectivity index (χ3n) is 4.07. The first kappa shape index (κ1) is 18.9. The zero-order valence-corrected chi connectivity index (χ0v) is 14.3. The highest BCUT2D eigenvalue weighted by molar-refractivity contribution is 5.98. The summed E-state index contributed by atoms with van der Waals surface area (Å²) in [5, 5.41) is 19.6. The maximum absolute atomic E-state index is 12.8. The molecule has 0 bridgehead atoms. The van der Waals surface area contributed by atoms with Crippen LogP contribution in [0.1, 0.15) is 18.4 Å². The minimum Gasteiger partial charge on any atom is -0.507 e. The largest absolute Gasteiger partial charge is 0.507 e. The third-order valence-corrected chi connectivity index (χ3v) is 4.07. The number of nitrogens with zero attached hydrogens (tertiary/aromatic N) is 2. The fourth-order valence-electron chi connectivity index (χ4n) is 2.71. The van der Waals surface area contributed by atoms with E-state index in [0.29, 0.717) is 35.9 Å². The predicted molar refractivity (Wildman–Crippen MR) is 95.4 cm³/mol. The van der Waals surface area contributed by atoms with Gasteiger partial charge >= 0.3 is 6.18 Å². The van der Waals surface area contributed by atoms with Crippen LogP contribution in [0.2, 0.25) is 0 Å². The molecule has 1 heterocycles. The monoisotopic (exact) mass is 377 g/mol. The Morgan fingerprint density at radius 2 is 1.74 bits per heavy atom. The molecule has 2 aromatic carbocycles. The molecule has 0 aliphatic carbocycles. The van der Waals surface area contributed by atoms with Gasteiger partial charge in [0.2, 0.25) is 5.88 Å². The number of phenolic OH excluding ortho intramolecular Hbond substituents is 1. The molecule has 0 fully saturated rings. The molecule has 0 unspecified atom stereocenters. The molecule has 0 aliphatic rings. The number of aromatic nitrogens is 2. The lowest BCUT2D eigenvalue weighted by Crippen LogP contribution is -2.06. The number of hydrogen-bond acceptors (Lipinski definition) is 5. The second kappa shape index (κ2) is 7.79. The summed E-state index contributed by atoms with van der Waals surface area (Å²) in [5.74, 6) is -0.182. The van der Waals surface area contributed by atoms with E-state index in [2.05, 4.69) is 10.2 Å². The topological polar surface area (TPSA) is 81.3 Å². The van der Waals surface area contributed by atoms with Crippen LogP contribution >= 0.6 is 0 Å². The Kier molecular flexibility index (Phi) is 5.46. The van der Waals surface area contributed by atoms with Gasteiger partial charge in [0.15, 0.2) is 0 Å². The molecule has 8 heteroatoms. The number of aromatic hydroxyl groups is 1. The summed E-state index contributed by atoms with van der Waals surface area (Å²) >= 11 is 0. The van der Waals surface area contributed by atoms with Gasteiger partial charge in [-0.25, -0.2) is 0 Å². The molecular weight excluding hydrogens is 359 g/mol. The van der Waals surface area contributed by atoms with E-state index in [1.807, 2.05) is 0 Å². The Balaban J connectivity index is 2.01. The van der Waals surface area contributed by atoms with Gasteiger partial charge in [-0.1, -0.05) is 18.2 Å². The van der Waals surface area contributed by atoms with E-state index in [0.717, 1.165) is 18.9 Å². The lowest BCUT2D eigenvalue weighted by molar-refractivity contribution is -0.137. The fourth-order valence-corrected chi connectivity index (χ4v) is 2.71. The number of benzene rings is 2. The Hall–Kier alpha value is -2.87. The molecule has 0 aliphatic heterocycles. The van der Waals surface area contributed by atoms with Gasteiger partial charge in [0.05, 0.1) is 12.2 Å². The number of fused-ring (bicyclic) bond motifs is 1. The maximum atomic E-state index is 12.8. The van der Waals surface area contributed by atoms with Crippen molar-refractivity contribution in [2.24, 2.45) is 5.73 Å². The summed E-state index contributed by atoms with van der Waals surface area (Å²) in [5.41, 5.74) is 4.98. The van der Waals surface area contributed by atoms with Gasteiger partial charge in [0.25, 0.3) is 0 Å². The molecular formula is C19H18F3N3O2. The van der Waals surface area contributed by atoms with Crippen LogP contribution in [-0.2, 0) is 6.18 Å². The molecule has 1 aromatic heterocycles. The minimum atomic E-state index is -4.54. The second-order valence-corrected chi connectivity index (χ2v) is 5.97. The lowest BCUT2D eigenvalue weighted by Gasteiger charge is -2.13. The standard InChI is InChI=1S/C19H18F3N3O2/c20-19(21,22)12-7-8-15(16(26)11-12)17-13-5-1-2-6-14(13)18(25-24-17)27-10-4-3-9-23/h1-2,5-8,11,26H,3-4,9-10,23H2.